The van der Waals surface area contributed by atoms with Crippen molar-refractivity contribution < 1.29 is 4.74 Å². The van der Waals surface area contributed by atoms with Gasteiger partial charge >= 0.3 is 0 Å². The number of ether oxygens (including phenoxy) is 1. The molecule has 0 saturated heterocycles. The van der Waals surface area contributed by atoms with E-state index in [0.29, 0.717) is 0 Å². The number of halogens is 1. The van der Waals surface area contributed by atoms with Gasteiger partial charge in [0.15, 0.2) is 0 Å². The fraction of sp³-hybridized carbons (Fsp3) is 0.529. The predicted octanol–water partition coefficient (Wildman–Crippen LogP) is 5.73. The summed E-state index contributed by atoms with van der Waals surface area (Å²) in [5.74, 6) is 1.03. The van der Waals surface area contributed by atoms with E-state index in [9.17, 15) is 0 Å². The summed E-state index contributed by atoms with van der Waals surface area (Å²) in [7, 11) is 0. The van der Waals surface area contributed by atoms with E-state index < -0.39 is 0 Å². The summed E-state index contributed by atoms with van der Waals surface area (Å²) in [5.41, 5.74) is 2.45. The van der Waals surface area contributed by atoms with Gasteiger partial charge in [0.05, 0.1) is 0 Å². The van der Waals surface area contributed by atoms with E-state index in [-0.39, 0.29) is 5.60 Å². The Morgan fingerprint density at radius 3 is 2.47 bits per heavy atom. The summed E-state index contributed by atoms with van der Waals surface area (Å²) >= 11 is 3.53. The van der Waals surface area contributed by atoms with Gasteiger partial charge < -0.3 is 4.74 Å². The van der Waals surface area contributed by atoms with Crippen molar-refractivity contribution >= 4 is 21.5 Å². The molecule has 0 radical (unpaired) electrons. The predicted molar refractivity (Wildman–Crippen MR) is 83.5 cm³/mol. The summed E-state index contributed by atoms with van der Waals surface area (Å²) in [6.45, 7) is 4.30. The Hall–Kier alpha value is -0.760. The molecule has 1 heterocycles. The highest BCUT2D eigenvalue weighted by Crippen LogP contribution is 2.45. The van der Waals surface area contributed by atoms with Gasteiger partial charge in [-0.3, -0.25) is 0 Å². The van der Waals surface area contributed by atoms with Crippen LogP contribution < -0.4 is 4.74 Å². The van der Waals surface area contributed by atoms with Crippen molar-refractivity contribution in [3.8, 4) is 5.75 Å². The zero-order valence-corrected chi connectivity index (χ0v) is 13.0. The van der Waals surface area contributed by atoms with Gasteiger partial charge in [0.25, 0.3) is 0 Å². The van der Waals surface area contributed by atoms with Gasteiger partial charge in [-0.2, -0.15) is 0 Å². The highest BCUT2D eigenvalue weighted by atomic mass is 79.9. The van der Waals surface area contributed by atoms with E-state index in [1.807, 2.05) is 0 Å². The van der Waals surface area contributed by atoms with E-state index in [2.05, 4.69) is 40.7 Å². The van der Waals surface area contributed by atoms with Crippen LogP contribution >= 0.6 is 15.9 Å². The third kappa shape index (κ3) is 2.74. The molecule has 2 heteroatoms. The first kappa shape index (κ1) is 13.2. The minimum atomic E-state index is 0.0261. The Morgan fingerprint density at radius 2 is 1.74 bits per heavy atom. The Bertz CT molecular complexity index is 484. The van der Waals surface area contributed by atoms with Crippen LogP contribution in [0.3, 0.4) is 0 Å². The first-order chi connectivity index (χ1) is 9.19. The maximum Gasteiger partial charge on any atom is 0.127 e. The number of hydrogen-bond donors (Lipinski definition) is 0. The minimum Gasteiger partial charge on any atom is -0.486 e. The van der Waals surface area contributed by atoms with Gasteiger partial charge in [-0.1, -0.05) is 41.8 Å². The lowest BCUT2D eigenvalue weighted by molar-refractivity contribution is 0.0395. The van der Waals surface area contributed by atoms with Crippen LogP contribution in [0, 0.1) is 0 Å². The second-order valence-electron chi connectivity index (χ2n) is 5.97. The molecule has 0 N–H and O–H groups in total. The maximum absolute atomic E-state index is 6.44. The van der Waals surface area contributed by atoms with Gasteiger partial charge in [-0.25, -0.2) is 0 Å². The molecule has 0 unspecified atom stereocenters. The molecule has 102 valence electrons. The Kier molecular flexibility index (Phi) is 3.70. The normalized spacial score (nSPS) is 22.3. The zero-order chi connectivity index (χ0) is 13.3. The van der Waals surface area contributed by atoms with E-state index in [4.69, 9.17) is 4.74 Å². The standard InChI is InChI=1S/C17H21BrO/c1-13-12-17(9-5-3-2-4-6-10-17)19-16-8-7-14(18)11-15(13)16/h7-8,11H,1-6,9-10,12H2. The van der Waals surface area contributed by atoms with Crippen molar-refractivity contribution in [2.75, 3.05) is 0 Å². The van der Waals surface area contributed by atoms with Crippen LogP contribution in [0.2, 0.25) is 0 Å². The first-order valence-corrected chi connectivity index (χ1v) is 8.15. The second kappa shape index (κ2) is 5.32. The highest BCUT2D eigenvalue weighted by molar-refractivity contribution is 9.10. The quantitative estimate of drug-likeness (QED) is 0.593. The number of rotatable bonds is 0. The van der Waals surface area contributed by atoms with E-state index >= 15 is 0 Å². The molecular formula is C17H21BrO. The monoisotopic (exact) mass is 320 g/mol. The molecule has 2 aliphatic rings. The molecule has 0 aromatic heterocycles. The van der Waals surface area contributed by atoms with Crippen molar-refractivity contribution in [3.05, 3.63) is 34.8 Å². The van der Waals surface area contributed by atoms with Crippen LogP contribution in [0.1, 0.15) is 56.9 Å². The van der Waals surface area contributed by atoms with Gasteiger partial charge in [0.1, 0.15) is 11.4 Å². The van der Waals surface area contributed by atoms with Gasteiger partial charge in [-0.05, 0) is 49.5 Å². The molecule has 1 aliphatic heterocycles. The minimum absolute atomic E-state index is 0.0261. The van der Waals surface area contributed by atoms with Crippen LogP contribution in [0.5, 0.6) is 5.75 Å². The fourth-order valence-corrected chi connectivity index (χ4v) is 3.81. The lowest BCUT2D eigenvalue weighted by Crippen LogP contribution is -2.39. The van der Waals surface area contributed by atoms with Crippen LogP contribution in [0.25, 0.3) is 5.57 Å². The SMILES string of the molecule is C=C1CC2(CCCCCCC2)Oc2ccc(Br)cc21. The summed E-state index contributed by atoms with van der Waals surface area (Å²) < 4.78 is 7.54. The van der Waals surface area contributed by atoms with Gasteiger partial charge in [0, 0.05) is 16.5 Å². The number of benzene rings is 1. The van der Waals surface area contributed by atoms with Crippen molar-refractivity contribution in [1.82, 2.24) is 0 Å². The lowest BCUT2D eigenvalue weighted by Gasteiger charge is -2.41. The second-order valence-corrected chi connectivity index (χ2v) is 6.89. The van der Waals surface area contributed by atoms with E-state index in [1.54, 1.807) is 0 Å². The average Bonchev–Trinajstić information content (AvgIpc) is 2.36. The Balaban J connectivity index is 1.90. The third-order valence-corrected chi connectivity index (χ3v) is 4.94. The summed E-state index contributed by atoms with van der Waals surface area (Å²) in [5, 5.41) is 0. The zero-order valence-electron chi connectivity index (χ0n) is 11.4. The smallest absolute Gasteiger partial charge is 0.127 e. The largest absolute Gasteiger partial charge is 0.486 e. The lowest BCUT2D eigenvalue weighted by atomic mass is 9.79. The molecule has 19 heavy (non-hydrogen) atoms. The Morgan fingerprint density at radius 1 is 1.05 bits per heavy atom. The number of fused-ring (bicyclic) bond motifs is 1. The van der Waals surface area contributed by atoms with Gasteiger partial charge in [0.2, 0.25) is 0 Å². The van der Waals surface area contributed by atoms with Crippen LogP contribution in [0.15, 0.2) is 29.3 Å². The van der Waals surface area contributed by atoms with E-state index in [0.717, 1.165) is 16.6 Å². The van der Waals surface area contributed by atoms with Crippen LogP contribution in [-0.4, -0.2) is 5.60 Å². The molecule has 0 atom stereocenters. The molecule has 0 bridgehead atoms. The van der Waals surface area contributed by atoms with Crippen LogP contribution in [-0.2, 0) is 0 Å². The first-order valence-electron chi connectivity index (χ1n) is 7.35. The highest BCUT2D eigenvalue weighted by Gasteiger charge is 2.37. The van der Waals surface area contributed by atoms with Crippen molar-refractivity contribution in [1.29, 1.82) is 0 Å². The van der Waals surface area contributed by atoms with Crippen LogP contribution in [0.4, 0.5) is 0 Å². The third-order valence-electron chi connectivity index (χ3n) is 4.45. The van der Waals surface area contributed by atoms with Crippen molar-refractivity contribution in [2.45, 2.75) is 57.0 Å². The molecule has 0 amide bonds. The van der Waals surface area contributed by atoms with Crippen molar-refractivity contribution in [3.63, 3.8) is 0 Å². The molecule has 1 spiro atoms. The summed E-state index contributed by atoms with van der Waals surface area (Å²) in [6, 6.07) is 6.28. The fourth-order valence-electron chi connectivity index (χ4n) is 3.45. The molecule has 1 aliphatic carbocycles. The molecule has 1 aromatic carbocycles. The molecule has 3 rings (SSSR count). The topological polar surface area (TPSA) is 9.23 Å². The molecular weight excluding hydrogens is 300 g/mol. The van der Waals surface area contributed by atoms with Gasteiger partial charge in [-0.15, -0.1) is 0 Å². The van der Waals surface area contributed by atoms with E-state index in [1.165, 1.54) is 56.1 Å². The summed E-state index contributed by atoms with van der Waals surface area (Å²) in [6.07, 6.45) is 10.0. The summed E-state index contributed by atoms with van der Waals surface area (Å²) in [4.78, 5) is 0. The molecule has 1 nitrogen and oxygen atoms in total. The Labute approximate surface area is 124 Å². The average molecular weight is 321 g/mol. The maximum atomic E-state index is 6.44. The van der Waals surface area contributed by atoms with Crippen molar-refractivity contribution in [2.24, 2.45) is 0 Å². The number of hydrogen-bond acceptors (Lipinski definition) is 1. The molecule has 1 fully saturated rings. The molecule has 1 saturated carbocycles. The molecule has 1 aromatic rings.